The van der Waals surface area contributed by atoms with Gasteiger partial charge in [0.25, 0.3) is 5.69 Å². The molecule has 270 valence electrons. The Bertz CT molecular complexity index is 1940. The number of anilines is 1. The fraction of sp³-hybridized carbons (Fsp3) is 0.471. The Morgan fingerprint density at radius 3 is 2.40 bits per heavy atom. The Labute approximate surface area is 286 Å². The van der Waals surface area contributed by atoms with Crippen LogP contribution in [0.3, 0.4) is 0 Å². The van der Waals surface area contributed by atoms with Gasteiger partial charge in [0.05, 0.1) is 21.5 Å². The van der Waals surface area contributed by atoms with Crippen LogP contribution < -0.4 is 14.4 Å². The lowest BCUT2D eigenvalue weighted by Crippen LogP contribution is -2.55. The number of aromatic nitrogens is 2. The quantitative estimate of drug-likeness (QED) is 0.0521. The Balaban J connectivity index is 1.76. The number of nitro groups is 1. The van der Waals surface area contributed by atoms with Crippen LogP contribution in [0.2, 0.25) is 18.1 Å². The Hall–Kier alpha value is -4.15. The first kappa shape index (κ1) is 37.1. The van der Waals surface area contributed by atoms with Gasteiger partial charge in [0, 0.05) is 31.8 Å². The zero-order valence-corrected chi connectivity index (χ0v) is 29.8. The topological polar surface area (TPSA) is 109 Å². The zero-order valence-electron chi connectivity index (χ0n) is 28.8. The van der Waals surface area contributed by atoms with Crippen molar-refractivity contribution < 1.29 is 45.5 Å². The molecule has 50 heavy (non-hydrogen) atoms. The first-order valence-corrected chi connectivity index (χ1v) is 18.8. The molecule has 1 saturated heterocycles. The van der Waals surface area contributed by atoms with Crippen LogP contribution in [0.15, 0.2) is 36.4 Å². The molecule has 1 aliphatic heterocycles. The molecule has 1 aromatic heterocycles. The van der Waals surface area contributed by atoms with E-state index in [0.29, 0.717) is 24.8 Å². The van der Waals surface area contributed by atoms with Gasteiger partial charge in [-0.25, -0.2) is 8.78 Å². The number of benzene rings is 3. The van der Waals surface area contributed by atoms with Gasteiger partial charge in [-0.1, -0.05) is 26.8 Å². The average molecular weight is 723 g/mol. The highest BCUT2D eigenvalue weighted by Crippen LogP contribution is 2.46. The summed E-state index contributed by atoms with van der Waals surface area (Å²) in [5.41, 5.74) is -2.61. The summed E-state index contributed by atoms with van der Waals surface area (Å²) in [5, 5.41) is 12.9. The molecular formula is C34H39F5N4O6Si. The standard InChI is InChI=1S/C34H39F5N4O6Si/c1-32(2,3)50(6,7)49-33(4)11-8-12-42(17-33)30-25-16-26(43(44)45)27(28(36)29(25)40-31(41-30)47-18-34(37,38)39)24-15-22(48-19-46-5)13-20-9-10-21(35)14-23(20)24/h9-10,13-16H,8,11-12,17-19H2,1-7H3/t33-/m1/s1. The SMILES string of the molecule is COCOc1cc(-c2c([N+](=O)[O-])cc3c(N4CCC[C@@](C)(O[Si](C)(C)C(C)(C)C)C4)nc(OCC(F)(F)F)nc3c2F)c2cc(F)ccc2c1. The third-order valence-electron chi connectivity index (χ3n) is 9.20. The molecule has 0 N–H and O–H groups in total. The molecule has 5 rings (SSSR count). The minimum Gasteiger partial charge on any atom is -0.468 e. The van der Waals surface area contributed by atoms with E-state index in [0.717, 1.165) is 12.1 Å². The maximum Gasteiger partial charge on any atom is 0.422 e. The summed E-state index contributed by atoms with van der Waals surface area (Å²) in [6, 6.07) is 6.82. The second-order valence-corrected chi connectivity index (χ2v) is 18.9. The van der Waals surface area contributed by atoms with Crippen molar-refractivity contribution in [3.63, 3.8) is 0 Å². The number of piperidine rings is 1. The molecule has 0 bridgehead atoms. The number of hydrogen-bond acceptors (Lipinski definition) is 9. The smallest absolute Gasteiger partial charge is 0.422 e. The lowest BCUT2D eigenvalue weighted by molar-refractivity contribution is -0.384. The van der Waals surface area contributed by atoms with E-state index in [4.69, 9.17) is 18.6 Å². The molecule has 1 fully saturated rings. The first-order valence-electron chi connectivity index (χ1n) is 15.9. The molecule has 2 heterocycles. The molecule has 0 unspecified atom stereocenters. The van der Waals surface area contributed by atoms with E-state index < -0.39 is 66.0 Å². The second kappa shape index (κ2) is 13.5. The van der Waals surface area contributed by atoms with Crippen molar-refractivity contribution in [1.29, 1.82) is 0 Å². The number of fused-ring (bicyclic) bond motifs is 2. The van der Waals surface area contributed by atoms with Crippen molar-refractivity contribution >= 4 is 41.5 Å². The van der Waals surface area contributed by atoms with Gasteiger partial charge in [0.15, 0.2) is 27.5 Å². The maximum atomic E-state index is 17.0. The van der Waals surface area contributed by atoms with Gasteiger partial charge in [0.2, 0.25) is 0 Å². The van der Waals surface area contributed by atoms with Crippen LogP contribution in [-0.4, -0.2) is 68.6 Å². The van der Waals surface area contributed by atoms with Gasteiger partial charge in [0.1, 0.15) is 22.9 Å². The van der Waals surface area contributed by atoms with Crippen molar-refractivity contribution in [3.8, 4) is 22.9 Å². The molecule has 1 aliphatic rings. The minimum atomic E-state index is -4.76. The van der Waals surface area contributed by atoms with Crippen molar-refractivity contribution in [1.82, 2.24) is 9.97 Å². The third kappa shape index (κ3) is 7.76. The van der Waals surface area contributed by atoms with Crippen LogP contribution >= 0.6 is 0 Å². The summed E-state index contributed by atoms with van der Waals surface area (Å²) < 4.78 is 93.7. The molecule has 4 aromatic rings. The summed E-state index contributed by atoms with van der Waals surface area (Å²) in [7, 11) is -0.934. The van der Waals surface area contributed by atoms with E-state index in [2.05, 4.69) is 43.8 Å². The number of methoxy groups -OCH3 is 1. The zero-order chi connectivity index (χ0) is 36.8. The molecule has 0 aliphatic carbocycles. The van der Waals surface area contributed by atoms with Gasteiger partial charge in [-0.2, -0.15) is 23.1 Å². The molecule has 1 atom stereocenters. The third-order valence-corrected chi connectivity index (χ3v) is 13.8. The molecule has 0 saturated carbocycles. The van der Waals surface area contributed by atoms with E-state index >= 15 is 4.39 Å². The minimum absolute atomic E-state index is 0.0430. The predicted molar refractivity (Wildman–Crippen MR) is 181 cm³/mol. The maximum absolute atomic E-state index is 17.0. The van der Waals surface area contributed by atoms with Gasteiger partial charge < -0.3 is 23.5 Å². The van der Waals surface area contributed by atoms with E-state index in [1.54, 1.807) is 4.90 Å². The van der Waals surface area contributed by atoms with E-state index in [9.17, 15) is 27.7 Å². The number of halogens is 5. The van der Waals surface area contributed by atoms with Crippen molar-refractivity contribution in [2.75, 3.05) is 38.5 Å². The molecule has 0 amide bonds. The van der Waals surface area contributed by atoms with Gasteiger partial charge in [-0.05, 0) is 72.9 Å². The predicted octanol–water partition coefficient (Wildman–Crippen LogP) is 8.94. The highest BCUT2D eigenvalue weighted by molar-refractivity contribution is 6.74. The largest absolute Gasteiger partial charge is 0.468 e. The normalized spacial score (nSPS) is 17.4. The van der Waals surface area contributed by atoms with Crippen LogP contribution in [0, 0.1) is 21.7 Å². The van der Waals surface area contributed by atoms with Crippen LogP contribution in [0.5, 0.6) is 11.8 Å². The fourth-order valence-corrected chi connectivity index (χ4v) is 7.69. The fourth-order valence-electron chi connectivity index (χ4n) is 5.99. The number of hydrogen-bond donors (Lipinski definition) is 0. The first-order chi connectivity index (χ1) is 23.2. The van der Waals surface area contributed by atoms with Gasteiger partial charge in [-0.3, -0.25) is 10.1 Å². The summed E-state index contributed by atoms with van der Waals surface area (Å²) >= 11 is 0. The number of alkyl halides is 3. The number of nitrogens with zero attached hydrogens (tertiary/aromatic N) is 4. The Kier molecular flexibility index (Phi) is 10.0. The van der Waals surface area contributed by atoms with Gasteiger partial charge in [-0.15, -0.1) is 0 Å². The molecule has 16 heteroatoms. The van der Waals surface area contributed by atoms with Crippen molar-refractivity contribution in [2.45, 2.75) is 70.4 Å². The van der Waals surface area contributed by atoms with Crippen LogP contribution in [0.25, 0.3) is 32.8 Å². The van der Waals surface area contributed by atoms with Crippen molar-refractivity contribution in [3.05, 3.63) is 58.1 Å². The van der Waals surface area contributed by atoms with Gasteiger partial charge >= 0.3 is 12.2 Å². The van der Waals surface area contributed by atoms with Crippen LogP contribution in [0.1, 0.15) is 40.5 Å². The highest BCUT2D eigenvalue weighted by atomic mass is 28.4. The molecular weight excluding hydrogens is 683 g/mol. The van der Waals surface area contributed by atoms with Crippen LogP contribution in [-0.2, 0) is 9.16 Å². The lowest BCUT2D eigenvalue weighted by Gasteiger charge is -2.48. The summed E-state index contributed by atoms with van der Waals surface area (Å²) in [6.45, 7) is 11.0. The van der Waals surface area contributed by atoms with Crippen LogP contribution in [0.4, 0.5) is 33.5 Å². The Morgan fingerprint density at radius 1 is 1.04 bits per heavy atom. The number of nitro benzene ring substituents is 1. The summed E-state index contributed by atoms with van der Waals surface area (Å²) in [5.74, 6) is -1.82. The lowest BCUT2D eigenvalue weighted by atomic mass is 9.93. The summed E-state index contributed by atoms with van der Waals surface area (Å²) in [4.78, 5) is 21.9. The Morgan fingerprint density at radius 2 is 1.76 bits per heavy atom. The molecule has 0 spiro atoms. The molecule has 3 aromatic carbocycles. The van der Waals surface area contributed by atoms with E-state index in [1.807, 2.05) is 6.92 Å². The van der Waals surface area contributed by atoms with E-state index in [1.165, 1.54) is 31.4 Å². The average Bonchev–Trinajstić information content (AvgIpc) is 3.01. The van der Waals surface area contributed by atoms with Crippen molar-refractivity contribution in [2.24, 2.45) is 0 Å². The number of rotatable bonds is 10. The number of ether oxygens (including phenoxy) is 3. The molecule has 10 nitrogen and oxygen atoms in total. The monoisotopic (exact) mass is 722 g/mol. The highest BCUT2D eigenvalue weighted by Gasteiger charge is 2.45. The second-order valence-electron chi connectivity index (χ2n) is 14.2. The van der Waals surface area contributed by atoms with E-state index in [-0.39, 0.29) is 46.3 Å². The summed E-state index contributed by atoms with van der Waals surface area (Å²) in [6.07, 6.45) is -3.51. The molecule has 0 radical (unpaired) electrons.